The minimum absolute atomic E-state index is 0.110. The molecule has 0 spiro atoms. The molecule has 0 aliphatic heterocycles. The van der Waals surface area contributed by atoms with E-state index in [1.807, 2.05) is 6.92 Å². The number of aliphatic hydroxyl groups excluding tert-OH is 1. The summed E-state index contributed by atoms with van der Waals surface area (Å²) in [5, 5.41) is 57.0. The summed E-state index contributed by atoms with van der Waals surface area (Å²) in [6.07, 6.45) is 4.27. The first-order chi connectivity index (χ1) is 15.7. The van der Waals surface area contributed by atoms with Crippen molar-refractivity contribution in [2.75, 3.05) is 5.32 Å². The fourth-order valence-corrected chi connectivity index (χ4v) is 2.53. The Labute approximate surface area is 177 Å². The molecule has 5 aromatic heterocycles. The third kappa shape index (κ3) is 3.96. The van der Waals surface area contributed by atoms with Crippen molar-refractivity contribution in [1.29, 1.82) is 0 Å². The number of hydrogen-bond acceptors (Lipinski definition) is 14. The molecule has 0 atom stereocenters. The van der Waals surface area contributed by atoms with Crippen molar-refractivity contribution in [1.82, 2.24) is 80.7 Å². The third-order valence-electron chi connectivity index (χ3n) is 4.09. The van der Waals surface area contributed by atoms with E-state index in [4.69, 9.17) is 5.11 Å². The molecule has 0 saturated heterocycles. The summed E-state index contributed by atoms with van der Waals surface area (Å²) in [6, 6.07) is 0. The maximum atomic E-state index is 9.05. The van der Waals surface area contributed by atoms with Crippen molar-refractivity contribution >= 4 is 11.9 Å². The second kappa shape index (κ2) is 8.18. The molecule has 162 valence electrons. The summed E-state index contributed by atoms with van der Waals surface area (Å²) in [5.74, 6) is 1.80. The lowest BCUT2D eigenvalue weighted by atomic mass is 10.4. The first-order valence-corrected chi connectivity index (χ1v) is 9.31. The lowest BCUT2D eigenvalue weighted by Gasteiger charge is -1.99. The summed E-state index contributed by atoms with van der Waals surface area (Å²) < 4.78 is 2.79. The topological polar surface area (TPSA) is 228 Å². The van der Waals surface area contributed by atoms with Gasteiger partial charge in [-0.3, -0.25) is 10.4 Å². The molecule has 0 bridgehead atoms. The zero-order valence-electron chi connectivity index (χ0n) is 16.5. The lowest BCUT2D eigenvalue weighted by Crippen LogP contribution is -2.07. The molecule has 5 aromatic rings. The zero-order valence-corrected chi connectivity index (χ0v) is 16.5. The zero-order chi connectivity index (χ0) is 21.9. The normalized spacial score (nSPS) is 11.2. The first-order valence-electron chi connectivity index (χ1n) is 9.31. The fraction of sp³-hybridized carbons (Fsp3) is 0.286. The van der Waals surface area contributed by atoms with E-state index in [2.05, 4.69) is 76.7 Å². The summed E-state index contributed by atoms with van der Waals surface area (Å²) in [7, 11) is 0. The summed E-state index contributed by atoms with van der Waals surface area (Å²) >= 11 is 0. The van der Waals surface area contributed by atoms with Crippen molar-refractivity contribution in [3.8, 4) is 11.9 Å². The second-order valence-electron chi connectivity index (χ2n) is 6.33. The number of aryl methyl sites for hydroxylation is 1. The van der Waals surface area contributed by atoms with Crippen LogP contribution in [-0.4, -0.2) is 85.9 Å². The van der Waals surface area contributed by atoms with Gasteiger partial charge in [-0.05, 0) is 6.42 Å². The minimum atomic E-state index is -0.233. The molecular weight excluding hydrogens is 422 g/mol. The van der Waals surface area contributed by atoms with Crippen LogP contribution >= 0.6 is 0 Å². The first kappa shape index (κ1) is 19.2. The predicted octanol–water partition coefficient (Wildman–Crippen LogP) is -1.95. The highest BCUT2D eigenvalue weighted by atomic mass is 16.3. The maximum absolute atomic E-state index is 9.05. The highest BCUT2D eigenvalue weighted by molar-refractivity contribution is 5.41. The van der Waals surface area contributed by atoms with E-state index in [0.29, 0.717) is 23.3 Å². The molecule has 0 radical (unpaired) electrons. The number of hydrogen-bond donors (Lipinski definition) is 4. The summed E-state index contributed by atoms with van der Waals surface area (Å²) in [5.41, 5.74) is 1.23. The van der Waals surface area contributed by atoms with E-state index in [0.717, 1.165) is 12.1 Å². The highest BCUT2D eigenvalue weighted by Crippen LogP contribution is 2.09. The molecule has 0 amide bonds. The number of aromatic amines is 2. The molecule has 0 aromatic carbocycles. The summed E-state index contributed by atoms with van der Waals surface area (Å²) in [4.78, 5) is 8.53. The molecule has 0 saturated carbocycles. The van der Waals surface area contributed by atoms with Crippen LogP contribution in [-0.2, 0) is 19.4 Å². The Morgan fingerprint density at radius 3 is 2.25 bits per heavy atom. The number of nitrogens with zero attached hydrogens (tertiary/aromatic N) is 14. The minimum Gasteiger partial charge on any atom is -0.390 e. The molecule has 18 heteroatoms. The molecule has 4 N–H and O–H groups in total. The average Bonchev–Trinajstić information content (AvgIpc) is 3.60. The molecular formula is C14H15N17O. The maximum Gasteiger partial charge on any atom is 0.272 e. The molecule has 18 nitrogen and oxygen atoms in total. The fourth-order valence-electron chi connectivity index (χ4n) is 2.53. The molecule has 0 aliphatic rings. The third-order valence-corrected chi connectivity index (χ3v) is 4.09. The second-order valence-corrected chi connectivity index (χ2v) is 6.33. The Hall–Kier alpha value is -4.74. The largest absolute Gasteiger partial charge is 0.390 e. The van der Waals surface area contributed by atoms with Gasteiger partial charge in [-0.1, -0.05) is 17.4 Å². The van der Waals surface area contributed by atoms with Gasteiger partial charge in [0.25, 0.3) is 17.8 Å². The van der Waals surface area contributed by atoms with E-state index >= 15 is 0 Å². The monoisotopic (exact) mass is 437 g/mol. The molecule has 5 rings (SSSR count). The van der Waals surface area contributed by atoms with Crippen molar-refractivity contribution in [2.45, 2.75) is 26.4 Å². The molecule has 32 heavy (non-hydrogen) atoms. The van der Waals surface area contributed by atoms with Crippen LogP contribution in [0.3, 0.4) is 0 Å². The van der Waals surface area contributed by atoms with Crippen LogP contribution in [0, 0.1) is 0 Å². The Morgan fingerprint density at radius 2 is 1.56 bits per heavy atom. The van der Waals surface area contributed by atoms with E-state index < -0.39 is 0 Å². The quantitative estimate of drug-likeness (QED) is 0.207. The van der Waals surface area contributed by atoms with Gasteiger partial charge in [-0.15, -0.1) is 40.8 Å². The smallest absolute Gasteiger partial charge is 0.272 e. The molecule has 5 heterocycles. The number of anilines is 2. The van der Waals surface area contributed by atoms with Crippen molar-refractivity contribution in [2.24, 2.45) is 0 Å². The van der Waals surface area contributed by atoms with Crippen molar-refractivity contribution in [3.63, 3.8) is 0 Å². The van der Waals surface area contributed by atoms with E-state index in [1.54, 1.807) is 6.20 Å². The van der Waals surface area contributed by atoms with Crippen molar-refractivity contribution in [3.05, 3.63) is 35.4 Å². The number of rotatable bonds is 8. The van der Waals surface area contributed by atoms with Crippen LogP contribution < -0.4 is 5.32 Å². The van der Waals surface area contributed by atoms with E-state index in [-0.39, 0.29) is 30.9 Å². The predicted molar refractivity (Wildman–Crippen MR) is 102 cm³/mol. The highest BCUT2D eigenvalue weighted by Gasteiger charge is 2.12. The van der Waals surface area contributed by atoms with Crippen LogP contribution in [0.5, 0.6) is 0 Å². The summed E-state index contributed by atoms with van der Waals surface area (Å²) in [6.45, 7) is 1.75. The van der Waals surface area contributed by atoms with E-state index in [9.17, 15) is 0 Å². The van der Waals surface area contributed by atoms with Crippen LogP contribution in [0.15, 0.2) is 12.4 Å². The van der Waals surface area contributed by atoms with Crippen LogP contribution in [0.25, 0.3) is 11.9 Å². The van der Waals surface area contributed by atoms with Gasteiger partial charge < -0.3 is 5.11 Å². The van der Waals surface area contributed by atoms with Crippen LogP contribution in [0.2, 0.25) is 0 Å². The van der Waals surface area contributed by atoms with Gasteiger partial charge in [0.05, 0.1) is 31.1 Å². The Bertz CT molecular complexity index is 1210. The molecule has 0 aliphatic carbocycles. The van der Waals surface area contributed by atoms with Gasteiger partial charge in [0.1, 0.15) is 11.5 Å². The van der Waals surface area contributed by atoms with Gasteiger partial charge >= 0.3 is 0 Å². The standard InChI is InChI=1S/C14H15N17O/c1-2-7-4-30(28-18-7)13-15-9(20-26-13)3-10-21-24-12(25-22-10)16-11-17-14(27-23-11)31-5-8(6-32)19-29-31/h4-5,32H,2-3,6H2,1H3,(H,15,20,26)(H2,16,17,23,24,25,27). The Kier molecular flexibility index (Phi) is 4.92. The van der Waals surface area contributed by atoms with Gasteiger partial charge in [0.2, 0.25) is 5.95 Å². The SMILES string of the molecule is CCc1cn(-c2n[nH]c(Cc3nnc(Nc4nc(-n5cc(CO)nn5)n[nH]4)nn3)n2)nn1. The molecule has 0 unspecified atom stereocenters. The van der Waals surface area contributed by atoms with Crippen LogP contribution in [0.1, 0.15) is 30.0 Å². The number of nitrogens with one attached hydrogen (secondary N) is 3. The van der Waals surface area contributed by atoms with Gasteiger partial charge in [0, 0.05) is 0 Å². The Balaban J connectivity index is 1.22. The van der Waals surface area contributed by atoms with Crippen LogP contribution in [0.4, 0.5) is 11.9 Å². The van der Waals surface area contributed by atoms with Gasteiger partial charge in [0.15, 0.2) is 5.82 Å². The lowest BCUT2D eigenvalue weighted by molar-refractivity contribution is 0.276. The number of aliphatic hydroxyl groups is 1. The Morgan fingerprint density at radius 1 is 0.875 bits per heavy atom. The van der Waals surface area contributed by atoms with Gasteiger partial charge in [-0.25, -0.2) is 5.10 Å². The molecule has 0 fully saturated rings. The van der Waals surface area contributed by atoms with E-state index in [1.165, 1.54) is 15.6 Å². The number of H-pyrrole nitrogens is 2. The van der Waals surface area contributed by atoms with Crippen molar-refractivity contribution < 1.29 is 5.11 Å². The van der Waals surface area contributed by atoms with Gasteiger partial charge in [-0.2, -0.15) is 19.3 Å². The average molecular weight is 437 g/mol. The number of aromatic nitrogens is 16.